The summed E-state index contributed by atoms with van der Waals surface area (Å²) < 4.78 is 13.0. The van der Waals surface area contributed by atoms with Gasteiger partial charge in [-0.25, -0.2) is 9.37 Å². The first-order valence-corrected chi connectivity index (χ1v) is 9.07. The Bertz CT molecular complexity index is 924. The van der Waals surface area contributed by atoms with Crippen molar-refractivity contribution in [3.63, 3.8) is 0 Å². The highest BCUT2D eigenvalue weighted by atomic mass is 19.1. The molecule has 1 N–H and O–H groups in total. The zero-order valence-corrected chi connectivity index (χ0v) is 14.8. The number of benzene rings is 2. The van der Waals surface area contributed by atoms with Crippen molar-refractivity contribution in [3.8, 4) is 0 Å². The summed E-state index contributed by atoms with van der Waals surface area (Å²) >= 11 is 0. The minimum atomic E-state index is -0.275. The fourth-order valence-electron chi connectivity index (χ4n) is 3.63. The molecular weight excluding hydrogens is 329 g/mol. The van der Waals surface area contributed by atoms with E-state index >= 15 is 0 Å². The number of imidazole rings is 1. The van der Waals surface area contributed by atoms with Crippen LogP contribution in [0.15, 0.2) is 42.5 Å². The standard InChI is InChI=1S/C21H22FN3O/c1-14-2-7-18-19(12-14)24-21(23-18)16-8-10-25(11-9-16)20(26)13-15-3-5-17(22)6-4-15/h2-7,12,16H,8-11,13H2,1H3,(H,23,24). The molecule has 134 valence electrons. The maximum absolute atomic E-state index is 13.0. The van der Waals surface area contributed by atoms with Gasteiger partial charge in [-0.15, -0.1) is 0 Å². The molecule has 0 bridgehead atoms. The van der Waals surface area contributed by atoms with Crippen LogP contribution in [0.1, 0.15) is 35.7 Å². The molecule has 2 aromatic carbocycles. The Morgan fingerprint density at radius 3 is 2.65 bits per heavy atom. The quantitative estimate of drug-likeness (QED) is 0.776. The smallest absolute Gasteiger partial charge is 0.226 e. The van der Waals surface area contributed by atoms with Gasteiger partial charge in [0.25, 0.3) is 0 Å². The fourth-order valence-corrected chi connectivity index (χ4v) is 3.63. The average molecular weight is 351 g/mol. The van der Waals surface area contributed by atoms with Gasteiger partial charge in [-0.2, -0.15) is 0 Å². The van der Waals surface area contributed by atoms with Crippen molar-refractivity contribution in [3.05, 3.63) is 65.2 Å². The number of likely N-dealkylation sites (tertiary alicyclic amines) is 1. The van der Waals surface area contributed by atoms with Crippen molar-refractivity contribution in [1.82, 2.24) is 14.9 Å². The molecule has 5 heteroatoms. The molecule has 4 rings (SSSR count). The summed E-state index contributed by atoms with van der Waals surface area (Å²) in [6.45, 7) is 3.55. The SMILES string of the molecule is Cc1ccc2nc(C3CCN(C(=O)Cc4ccc(F)cc4)CC3)[nH]c2c1. The van der Waals surface area contributed by atoms with Crippen LogP contribution >= 0.6 is 0 Å². The molecule has 1 aliphatic heterocycles. The molecule has 1 aliphatic rings. The molecule has 1 saturated heterocycles. The summed E-state index contributed by atoms with van der Waals surface area (Å²) in [6, 6.07) is 12.4. The number of H-pyrrole nitrogens is 1. The Morgan fingerprint density at radius 1 is 1.19 bits per heavy atom. The zero-order valence-electron chi connectivity index (χ0n) is 14.8. The molecule has 0 spiro atoms. The highest BCUT2D eigenvalue weighted by Crippen LogP contribution is 2.28. The van der Waals surface area contributed by atoms with E-state index in [2.05, 4.69) is 24.0 Å². The lowest BCUT2D eigenvalue weighted by Gasteiger charge is -2.31. The first kappa shape index (κ1) is 16.8. The van der Waals surface area contributed by atoms with Gasteiger partial charge in [0.05, 0.1) is 17.5 Å². The Balaban J connectivity index is 1.38. The molecule has 0 atom stereocenters. The van der Waals surface area contributed by atoms with Crippen molar-refractivity contribution in [2.75, 3.05) is 13.1 Å². The number of hydrogen-bond acceptors (Lipinski definition) is 2. The van der Waals surface area contributed by atoms with Gasteiger partial charge in [0.15, 0.2) is 0 Å². The van der Waals surface area contributed by atoms with Crippen molar-refractivity contribution < 1.29 is 9.18 Å². The second kappa shape index (κ2) is 6.90. The minimum Gasteiger partial charge on any atom is -0.342 e. The maximum Gasteiger partial charge on any atom is 0.226 e. The molecular formula is C21H22FN3O. The normalized spacial score (nSPS) is 15.5. The van der Waals surface area contributed by atoms with Gasteiger partial charge in [0, 0.05) is 19.0 Å². The predicted octanol–water partition coefficient (Wildman–Crippen LogP) is 3.96. The van der Waals surface area contributed by atoms with Crippen LogP contribution in [0.2, 0.25) is 0 Å². The minimum absolute atomic E-state index is 0.107. The van der Waals surface area contributed by atoms with Crippen LogP contribution in [-0.2, 0) is 11.2 Å². The van der Waals surface area contributed by atoms with E-state index in [-0.39, 0.29) is 11.7 Å². The Labute approximate surface area is 152 Å². The monoisotopic (exact) mass is 351 g/mol. The lowest BCUT2D eigenvalue weighted by molar-refractivity contribution is -0.131. The molecule has 0 aliphatic carbocycles. The molecule has 1 amide bonds. The largest absolute Gasteiger partial charge is 0.342 e. The van der Waals surface area contributed by atoms with Gasteiger partial charge in [-0.1, -0.05) is 18.2 Å². The number of piperidine rings is 1. The summed E-state index contributed by atoms with van der Waals surface area (Å²) in [4.78, 5) is 22.6. The number of nitrogens with one attached hydrogen (secondary N) is 1. The van der Waals surface area contributed by atoms with Crippen LogP contribution in [0.25, 0.3) is 11.0 Å². The highest BCUT2D eigenvalue weighted by molar-refractivity contribution is 5.79. The number of halogens is 1. The Hall–Kier alpha value is -2.69. The number of carbonyl (C=O) groups is 1. The van der Waals surface area contributed by atoms with Crippen LogP contribution in [0, 0.1) is 12.7 Å². The first-order valence-electron chi connectivity index (χ1n) is 9.07. The van der Waals surface area contributed by atoms with Gasteiger partial charge >= 0.3 is 0 Å². The third-order valence-corrected chi connectivity index (χ3v) is 5.16. The van der Waals surface area contributed by atoms with Gasteiger partial charge in [-0.05, 0) is 55.2 Å². The van der Waals surface area contributed by atoms with E-state index < -0.39 is 0 Å². The number of aromatic amines is 1. The highest BCUT2D eigenvalue weighted by Gasteiger charge is 2.25. The maximum atomic E-state index is 13.0. The fraction of sp³-hybridized carbons (Fsp3) is 0.333. The molecule has 0 radical (unpaired) electrons. The molecule has 0 saturated carbocycles. The van der Waals surface area contributed by atoms with Gasteiger partial charge in [0.1, 0.15) is 11.6 Å². The van der Waals surface area contributed by atoms with E-state index in [9.17, 15) is 9.18 Å². The van der Waals surface area contributed by atoms with Crippen molar-refractivity contribution in [1.29, 1.82) is 0 Å². The topological polar surface area (TPSA) is 49.0 Å². The van der Waals surface area contributed by atoms with E-state index in [0.717, 1.165) is 48.4 Å². The predicted molar refractivity (Wildman–Crippen MR) is 99.5 cm³/mol. The molecule has 3 aromatic rings. The zero-order chi connectivity index (χ0) is 18.1. The van der Waals surface area contributed by atoms with Gasteiger partial charge in [-0.3, -0.25) is 4.79 Å². The summed E-state index contributed by atoms with van der Waals surface area (Å²) in [5.74, 6) is 1.21. The number of rotatable bonds is 3. The Kier molecular flexibility index (Phi) is 4.45. The third-order valence-electron chi connectivity index (χ3n) is 5.16. The average Bonchev–Trinajstić information content (AvgIpc) is 3.07. The van der Waals surface area contributed by atoms with Crippen molar-refractivity contribution >= 4 is 16.9 Å². The van der Waals surface area contributed by atoms with Gasteiger partial charge < -0.3 is 9.88 Å². The van der Waals surface area contributed by atoms with E-state index in [4.69, 9.17) is 4.98 Å². The summed E-state index contributed by atoms with van der Waals surface area (Å²) in [5, 5.41) is 0. The van der Waals surface area contributed by atoms with E-state index in [1.54, 1.807) is 12.1 Å². The molecule has 1 fully saturated rings. The number of aromatic nitrogens is 2. The van der Waals surface area contributed by atoms with Crippen LogP contribution in [0.4, 0.5) is 4.39 Å². The number of hydrogen-bond donors (Lipinski definition) is 1. The third kappa shape index (κ3) is 3.47. The van der Waals surface area contributed by atoms with Crippen LogP contribution in [-0.4, -0.2) is 33.9 Å². The number of aryl methyl sites for hydroxylation is 1. The second-order valence-corrected chi connectivity index (χ2v) is 7.10. The number of carbonyl (C=O) groups excluding carboxylic acids is 1. The van der Waals surface area contributed by atoms with Crippen molar-refractivity contribution in [2.24, 2.45) is 0 Å². The van der Waals surface area contributed by atoms with E-state index in [0.29, 0.717) is 12.3 Å². The van der Waals surface area contributed by atoms with Gasteiger partial charge in [0.2, 0.25) is 5.91 Å². The molecule has 4 nitrogen and oxygen atoms in total. The molecule has 0 unspecified atom stereocenters. The number of nitrogens with zero attached hydrogens (tertiary/aromatic N) is 2. The summed E-state index contributed by atoms with van der Waals surface area (Å²) in [6.07, 6.45) is 2.15. The van der Waals surface area contributed by atoms with Crippen LogP contribution < -0.4 is 0 Å². The van der Waals surface area contributed by atoms with E-state index in [1.807, 2.05) is 11.0 Å². The Morgan fingerprint density at radius 2 is 1.92 bits per heavy atom. The summed E-state index contributed by atoms with van der Waals surface area (Å²) in [5.41, 5.74) is 4.15. The summed E-state index contributed by atoms with van der Waals surface area (Å²) in [7, 11) is 0. The van der Waals surface area contributed by atoms with Crippen LogP contribution in [0.3, 0.4) is 0 Å². The second-order valence-electron chi connectivity index (χ2n) is 7.10. The van der Waals surface area contributed by atoms with E-state index in [1.165, 1.54) is 17.7 Å². The molecule has 2 heterocycles. The lowest BCUT2D eigenvalue weighted by Crippen LogP contribution is -2.39. The lowest BCUT2D eigenvalue weighted by atomic mass is 9.95. The number of fused-ring (bicyclic) bond motifs is 1. The number of amides is 1. The van der Waals surface area contributed by atoms with Crippen LogP contribution in [0.5, 0.6) is 0 Å². The van der Waals surface area contributed by atoms with Crippen molar-refractivity contribution in [2.45, 2.75) is 32.1 Å². The molecule has 26 heavy (non-hydrogen) atoms. The first-order chi connectivity index (χ1) is 12.6. The molecule has 1 aromatic heterocycles.